The minimum atomic E-state index is -1.26. The van der Waals surface area contributed by atoms with E-state index in [4.69, 9.17) is 10.8 Å². The molecule has 0 aromatic heterocycles. The molecule has 1 heterocycles. The lowest BCUT2D eigenvalue weighted by Gasteiger charge is -2.24. The van der Waals surface area contributed by atoms with Crippen LogP contribution >= 0.6 is 0 Å². The van der Waals surface area contributed by atoms with E-state index < -0.39 is 117 Å². The highest BCUT2D eigenvalue weighted by Gasteiger charge is 2.34. The summed E-state index contributed by atoms with van der Waals surface area (Å²) in [5.41, 5.74) is 5.16. The van der Waals surface area contributed by atoms with Crippen LogP contribution in [0.1, 0.15) is 65.7 Å². The van der Waals surface area contributed by atoms with Crippen molar-refractivity contribution >= 4 is 65.0 Å². The van der Waals surface area contributed by atoms with E-state index in [1.807, 2.05) is 6.92 Å². The van der Waals surface area contributed by atoms with Crippen molar-refractivity contribution in [2.45, 2.75) is 83.8 Å². The number of aliphatic carboxylic acids is 1. The van der Waals surface area contributed by atoms with Gasteiger partial charge in [-0.2, -0.15) is 0 Å². The highest BCUT2D eigenvalue weighted by molar-refractivity contribution is 5.95. The molecule has 0 bridgehead atoms. The lowest BCUT2D eigenvalue weighted by atomic mass is 10.0. The van der Waals surface area contributed by atoms with Gasteiger partial charge in [-0.1, -0.05) is 26.7 Å². The topological polar surface area (TPSA) is 333 Å². The fraction of sp³-hybridized carbons (Fsp3) is 0.656. The zero-order valence-corrected chi connectivity index (χ0v) is 30.7. The summed E-state index contributed by atoms with van der Waals surface area (Å²) < 4.78 is 0. The van der Waals surface area contributed by atoms with Gasteiger partial charge in [0.2, 0.25) is 59.1 Å². The molecule has 0 spiro atoms. The van der Waals surface area contributed by atoms with Crippen molar-refractivity contribution in [1.29, 1.82) is 0 Å². The summed E-state index contributed by atoms with van der Waals surface area (Å²) in [7, 11) is 0. The van der Waals surface area contributed by atoms with Crippen molar-refractivity contribution in [2.24, 2.45) is 11.7 Å². The van der Waals surface area contributed by atoms with Gasteiger partial charge in [-0.05, 0) is 32.6 Å². The minimum absolute atomic E-state index is 0.186. The molecular weight excluding hydrogens is 716 g/mol. The SMILES string of the molecule is CCCCC(C)C(=O)NCC(=O)NC(CCC(N)=O)C(=O)NCC(=O)NCC(=O)NCC(=O)NC(C)C(=O)NCC(=O)N1CCCC1C(=O)NCC(=O)O. The van der Waals surface area contributed by atoms with Gasteiger partial charge in [0.1, 0.15) is 24.7 Å². The zero-order chi connectivity index (χ0) is 40.8. The zero-order valence-electron chi connectivity index (χ0n) is 30.7. The Kier molecular flexibility index (Phi) is 20.9. The second-order valence-corrected chi connectivity index (χ2v) is 12.5. The fourth-order valence-electron chi connectivity index (χ4n) is 4.95. The van der Waals surface area contributed by atoms with Crippen LogP contribution in [0.2, 0.25) is 0 Å². The van der Waals surface area contributed by atoms with E-state index in [1.54, 1.807) is 6.92 Å². The molecule has 0 radical (unpaired) electrons. The third kappa shape index (κ3) is 18.6. The van der Waals surface area contributed by atoms with E-state index in [1.165, 1.54) is 11.8 Å². The summed E-state index contributed by atoms with van der Waals surface area (Å²) in [6.45, 7) is 1.97. The van der Waals surface area contributed by atoms with Crippen molar-refractivity contribution in [1.82, 2.24) is 47.4 Å². The number of carbonyl (C=O) groups is 11. The molecule has 22 nitrogen and oxygen atoms in total. The van der Waals surface area contributed by atoms with E-state index in [2.05, 4.69) is 42.5 Å². The van der Waals surface area contributed by atoms with Gasteiger partial charge in [0, 0.05) is 18.9 Å². The summed E-state index contributed by atoms with van der Waals surface area (Å²) in [4.78, 5) is 134. The Morgan fingerprint density at radius 3 is 1.85 bits per heavy atom. The second-order valence-electron chi connectivity index (χ2n) is 12.5. The maximum absolute atomic E-state index is 12.7. The van der Waals surface area contributed by atoms with Crippen molar-refractivity contribution in [3.05, 3.63) is 0 Å². The number of hydrogen-bond acceptors (Lipinski definition) is 11. The predicted molar refractivity (Wildman–Crippen MR) is 187 cm³/mol. The molecule has 54 heavy (non-hydrogen) atoms. The summed E-state index contributed by atoms with van der Waals surface area (Å²) in [5, 5.41) is 27.2. The van der Waals surface area contributed by atoms with E-state index in [-0.39, 0.29) is 31.2 Å². The lowest BCUT2D eigenvalue weighted by Crippen LogP contribution is -2.52. The maximum Gasteiger partial charge on any atom is 0.322 e. The Bertz CT molecular complexity index is 1410. The first-order valence-electron chi connectivity index (χ1n) is 17.5. The van der Waals surface area contributed by atoms with Gasteiger partial charge in [-0.15, -0.1) is 0 Å². The molecule has 10 amide bonds. The molecule has 0 aromatic rings. The monoisotopic (exact) mass is 768 g/mol. The summed E-state index contributed by atoms with van der Waals surface area (Å²) >= 11 is 0. The van der Waals surface area contributed by atoms with Crippen molar-refractivity contribution in [3.63, 3.8) is 0 Å². The van der Waals surface area contributed by atoms with Crippen LogP contribution in [-0.4, -0.2) is 139 Å². The lowest BCUT2D eigenvalue weighted by molar-refractivity contribution is -0.141. The van der Waals surface area contributed by atoms with Crippen LogP contribution in [0.5, 0.6) is 0 Å². The van der Waals surface area contributed by atoms with Gasteiger partial charge in [0.15, 0.2) is 0 Å². The number of unbranched alkanes of at least 4 members (excludes halogenated alkanes) is 1. The third-order valence-corrected chi connectivity index (χ3v) is 7.98. The van der Waals surface area contributed by atoms with Gasteiger partial charge in [0.25, 0.3) is 0 Å². The van der Waals surface area contributed by atoms with Crippen molar-refractivity contribution in [2.75, 3.05) is 45.8 Å². The number of carbonyl (C=O) groups excluding carboxylic acids is 10. The first kappa shape index (κ1) is 46.2. The number of nitrogens with one attached hydrogen (secondary N) is 8. The second kappa shape index (κ2) is 24.4. The molecule has 1 aliphatic heterocycles. The molecule has 22 heteroatoms. The number of hydrogen-bond donors (Lipinski definition) is 10. The van der Waals surface area contributed by atoms with Gasteiger partial charge in [-0.3, -0.25) is 52.7 Å². The fourth-order valence-corrected chi connectivity index (χ4v) is 4.95. The predicted octanol–water partition coefficient (Wildman–Crippen LogP) is -5.16. The molecule has 302 valence electrons. The molecule has 4 atom stereocenters. The molecule has 0 aromatic carbocycles. The first-order chi connectivity index (χ1) is 25.4. The van der Waals surface area contributed by atoms with Crippen LogP contribution in [0.4, 0.5) is 0 Å². The normalized spacial score (nSPS) is 14.9. The number of carboxylic acids is 1. The van der Waals surface area contributed by atoms with E-state index in [0.717, 1.165) is 12.8 Å². The first-order valence-corrected chi connectivity index (χ1v) is 17.5. The average Bonchev–Trinajstić information content (AvgIpc) is 3.63. The summed E-state index contributed by atoms with van der Waals surface area (Å²) in [6.07, 6.45) is 2.78. The number of nitrogens with two attached hydrogens (primary N) is 1. The van der Waals surface area contributed by atoms with Crippen LogP contribution in [0.25, 0.3) is 0 Å². The molecule has 0 aliphatic carbocycles. The molecule has 1 rings (SSSR count). The highest BCUT2D eigenvalue weighted by Crippen LogP contribution is 2.17. The molecule has 1 fully saturated rings. The van der Waals surface area contributed by atoms with Crippen LogP contribution in [0.3, 0.4) is 0 Å². The molecule has 1 saturated heterocycles. The summed E-state index contributed by atoms with van der Waals surface area (Å²) in [5.74, 6) is -8.48. The Morgan fingerprint density at radius 1 is 0.685 bits per heavy atom. The molecule has 0 saturated carbocycles. The van der Waals surface area contributed by atoms with Gasteiger partial charge < -0.3 is 58.3 Å². The average molecular weight is 769 g/mol. The Hall–Kier alpha value is -5.83. The Morgan fingerprint density at radius 2 is 1.24 bits per heavy atom. The quantitative estimate of drug-likeness (QED) is 0.0441. The van der Waals surface area contributed by atoms with Crippen LogP contribution < -0.4 is 48.3 Å². The summed E-state index contributed by atoms with van der Waals surface area (Å²) in [6, 6.07) is -3.27. The molecule has 4 unspecified atom stereocenters. The minimum Gasteiger partial charge on any atom is -0.480 e. The van der Waals surface area contributed by atoms with Gasteiger partial charge >= 0.3 is 5.97 Å². The molecule has 11 N–H and O–H groups in total. The standard InChI is InChI=1S/C32H52N10O12/c1-4-5-7-18(2)29(51)36-15-26(47)41-20(9-10-22(33)43)31(53)37-13-24(45)34-12-23(44)35-14-25(46)40-19(3)30(52)38-16-27(48)42-11-6-8-21(42)32(54)39-17-28(49)50/h18-21H,4-17H2,1-3H3,(H2,33,43)(H,34,45)(H,35,44)(H,36,51)(H,37,53)(H,38,52)(H,39,54)(H,40,46)(H,41,47)(H,49,50). The number of amides is 10. The number of rotatable bonds is 24. The van der Waals surface area contributed by atoms with Crippen LogP contribution in [0.15, 0.2) is 0 Å². The van der Waals surface area contributed by atoms with Gasteiger partial charge in [0.05, 0.1) is 32.7 Å². The Labute approximate surface area is 311 Å². The van der Waals surface area contributed by atoms with Crippen LogP contribution in [-0.2, 0) is 52.7 Å². The smallest absolute Gasteiger partial charge is 0.322 e. The van der Waals surface area contributed by atoms with Crippen molar-refractivity contribution in [3.8, 4) is 0 Å². The van der Waals surface area contributed by atoms with Crippen LogP contribution in [0, 0.1) is 5.92 Å². The van der Waals surface area contributed by atoms with Gasteiger partial charge in [-0.25, -0.2) is 0 Å². The molecular formula is C32H52N10O12. The van der Waals surface area contributed by atoms with E-state index in [0.29, 0.717) is 19.3 Å². The number of likely N-dealkylation sites (tertiary alicyclic amines) is 1. The highest BCUT2D eigenvalue weighted by atomic mass is 16.4. The van der Waals surface area contributed by atoms with E-state index >= 15 is 0 Å². The maximum atomic E-state index is 12.7. The number of nitrogens with zero attached hydrogens (tertiary/aromatic N) is 1. The Balaban J connectivity index is 2.43. The van der Waals surface area contributed by atoms with Crippen molar-refractivity contribution < 1.29 is 57.8 Å². The number of primary amides is 1. The third-order valence-electron chi connectivity index (χ3n) is 7.98. The number of carboxylic acid groups (broad SMARTS) is 1. The van der Waals surface area contributed by atoms with E-state index in [9.17, 15) is 52.7 Å². The molecule has 1 aliphatic rings. The largest absolute Gasteiger partial charge is 0.480 e.